The standard InChI is InChI=1S/C17H37N3O2/c1-13(2)17(9,20-11-10-19-15(3,4)5)12-18-14(21)22-16(6,7)8/h13,19-20H,10-12H2,1-9H3,(H,18,21). The molecule has 5 nitrogen and oxygen atoms in total. The van der Waals surface area contributed by atoms with Crippen molar-refractivity contribution in [1.29, 1.82) is 0 Å². The normalized spacial score (nSPS) is 15.5. The minimum Gasteiger partial charge on any atom is -0.444 e. The lowest BCUT2D eigenvalue weighted by molar-refractivity contribution is 0.0503. The fourth-order valence-corrected chi connectivity index (χ4v) is 1.83. The van der Waals surface area contributed by atoms with Crippen LogP contribution in [0, 0.1) is 5.92 Å². The number of alkyl carbamates (subject to hydrolysis) is 1. The Morgan fingerprint density at radius 2 is 1.45 bits per heavy atom. The molecule has 132 valence electrons. The smallest absolute Gasteiger partial charge is 0.407 e. The Hall–Kier alpha value is -0.810. The number of ether oxygens (including phenoxy) is 1. The molecule has 0 fully saturated rings. The average molecular weight is 316 g/mol. The van der Waals surface area contributed by atoms with E-state index in [1.807, 2.05) is 20.8 Å². The molecule has 1 unspecified atom stereocenters. The monoisotopic (exact) mass is 315 g/mol. The molecule has 22 heavy (non-hydrogen) atoms. The lowest BCUT2D eigenvalue weighted by Gasteiger charge is -2.36. The quantitative estimate of drug-likeness (QED) is 0.632. The zero-order valence-corrected chi connectivity index (χ0v) is 16.0. The maximum Gasteiger partial charge on any atom is 0.407 e. The largest absolute Gasteiger partial charge is 0.444 e. The van der Waals surface area contributed by atoms with Gasteiger partial charge in [0.15, 0.2) is 0 Å². The van der Waals surface area contributed by atoms with E-state index in [1.165, 1.54) is 0 Å². The first-order valence-electron chi connectivity index (χ1n) is 8.22. The molecule has 0 heterocycles. The van der Waals surface area contributed by atoms with Crippen LogP contribution < -0.4 is 16.0 Å². The molecule has 0 aromatic carbocycles. The molecule has 0 aliphatic rings. The van der Waals surface area contributed by atoms with Gasteiger partial charge in [-0.2, -0.15) is 0 Å². The minimum atomic E-state index is -0.470. The van der Waals surface area contributed by atoms with Crippen molar-refractivity contribution in [3.05, 3.63) is 0 Å². The van der Waals surface area contributed by atoms with Crippen LogP contribution in [0.15, 0.2) is 0 Å². The van der Waals surface area contributed by atoms with E-state index in [-0.39, 0.29) is 17.2 Å². The molecule has 0 spiro atoms. The molecular weight excluding hydrogens is 278 g/mol. The predicted molar refractivity (Wildman–Crippen MR) is 93.2 cm³/mol. The molecule has 0 aliphatic heterocycles. The molecule has 5 heteroatoms. The second kappa shape index (κ2) is 8.16. The van der Waals surface area contributed by atoms with Gasteiger partial charge in [-0.1, -0.05) is 13.8 Å². The number of nitrogens with one attached hydrogen (secondary N) is 3. The molecule has 1 amide bonds. The van der Waals surface area contributed by atoms with Gasteiger partial charge >= 0.3 is 6.09 Å². The molecule has 1 atom stereocenters. The van der Waals surface area contributed by atoms with Crippen LogP contribution in [-0.2, 0) is 4.74 Å². The summed E-state index contributed by atoms with van der Waals surface area (Å²) in [7, 11) is 0. The summed E-state index contributed by atoms with van der Waals surface area (Å²) >= 11 is 0. The lowest BCUT2D eigenvalue weighted by atomic mass is 9.88. The van der Waals surface area contributed by atoms with Gasteiger partial charge in [0.05, 0.1) is 0 Å². The second-order valence-electron chi connectivity index (χ2n) is 8.53. The van der Waals surface area contributed by atoms with E-state index in [1.54, 1.807) is 0 Å². The average Bonchev–Trinajstić information content (AvgIpc) is 2.28. The van der Waals surface area contributed by atoms with E-state index in [0.717, 1.165) is 13.1 Å². The highest BCUT2D eigenvalue weighted by molar-refractivity contribution is 5.67. The number of hydrogen-bond donors (Lipinski definition) is 3. The number of carbonyl (C=O) groups excluding carboxylic acids is 1. The van der Waals surface area contributed by atoms with Crippen LogP contribution in [0.25, 0.3) is 0 Å². The van der Waals surface area contributed by atoms with Gasteiger partial charge in [-0.3, -0.25) is 0 Å². The zero-order valence-electron chi connectivity index (χ0n) is 16.0. The van der Waals surface area contributed by atoms with Gasteiger partial charge in [-0.25, -0.2) is 4.79 Å². The molecule has 0 aromatic heterocycles. The molecule has 0 aliphatic carbocycles. The van der Waals surface area contributed by atoms with E-state index in [4.69, 9.17) is 4.74 Å². The summed E-state index contributed by atoms with van der Waals surface area (Å²) in [5, 5.41) is 9.88. The summed E-state index contributed by atoms with van der Waals surface area (Å²) in [5.41, 5.74) is -0.524. The summed E-state index contributed by atoms with van der Waals surface area (Å²) in [5.74, 6) is 0.386. The van der Waals surface area contributed by atoms with Crippen LogP contribution in [0.5, 0.6) is 0 Å². The Kier molecular flexibility index (Phi) is 7.86. The van der Waals surface area contributed by atoms with Crippen molar-refractivity contribution < 1.29 is 9.53 Å². The maximum atomic E-state index is 11.8. The number of carbonyl (C=O) groups is 1. The summed E-state index contributed by atoms with van der Waals surface area (Å²) in [4.78, 5) is 11.8. The third kappa shape index (κ3) is 10.0. The molecule has 0 bridgehead atoms. The van der Waals surface area contributed by atoms with Crippen molar-refractivity contribution in [2.75, 3.05) is 19.6 Å². The molecule has 0 aromatic rings. The molecule has 0 saturated heterocycles. The van der Waals surface area contributed by atoms with E-state index in [9.17, 15) is 4.79 Å². The van der Waals surface area contributed by atoms with E-state index in [2.05, 4.69) is 57.5 Å². The van der Waals surface area contributed by atoms with Crippen LogP contribution in [0.3, 0.4) is 0 Å². The SMILES string of the molecule is CC(C)C(C)(CNC(=O)OC(C)(C)C)NCCNC(C)(C)C. The second-order valence-corrected chi connectivity index (χ2v) is 8.53. The summed E-state index contributed by atoms with van der Waals surface area (Å²) in [6.45, 7) is 20.8. The Morgan fingerprint density at radius 3 is 1.86 bits per heavy atom. The van der Waals surface area contributed by atoms with Crippen molar-refractivity contribution in [3.63, 3.8) is 0 Å². The highest BCUT2D eigenvalue weighted by atomic mass is 16.6. The minimum absolute atomic E-state index is 0.116. The molecule has 3 N–H and O–H groups in total. The topological polar surface area (TPSA) is 62.4 Å². The van der Waals surface area contributed by atoms with Gasteiger partial charge in [0.1, 0.15) is 5.60 Å². The fourth-order valence-electron chi connectivity index (χ4n) is 1.83. The molecular formula is C17H37N3O2. The Bertz CT molecular complexity index is 343. The van der Waals surface area contributed by atoms with Gasteiger partial charge in [0.2, 0.25) is 0 Å². The molecule has 0 saturated carbocycles. The summed E-state index contributed by atoms with van der Waals surface area (Å²) in [6.07, 6.45) is -0.367. The third-order valence-corrected chi connectivity index (χ3v) is 3.58. The summed E-state index contributed by atoms with van der Waals surface area (Å²) in [6, 6.07) is 0. The third-order valence-electron chi connectivity index (χ3n) is 3.58. The number of rotatable bonds is 7. The lowest BCUT2D eigenvalue weighted by Crippen LogP contribution is -2.57. The Balaban J connectivity index is 4.36. The number of amides is 1. The van der Waals surface area contributed by atoms with Gasteiger partial charge in [0, 0.05) is 30.7 Å². The van der Waals surface area contributed by atoms with Crippen molar-refractivity contribution in [2.45, 2.75) is 79.0 Å². The van der Waals surface area contributed by atoms with Gasteiger partial charge in [-0.05, 0) is 54.4 Å². The van der Waals surface area contributed by atoms with E-state index >= 15 is 0 Å². The first-order chi connectivity index (χ1) is 9.75. The Labute approximate surface area is 137 Å². The Morgan fingerprint density at radius 1 is 0.955 bits per heavy atom. The highest BCUT2D eigenvalue weighted by Gasteiger charge is 2.29. The van der Waals surface area contributed by atoms with Gasteiger partial charge in [0.25, 0.3) is 0 Å². The van der Waals surface area contributed by atoms with E-state index in [0.29, 0.717) is 12.5 Å². The first kappa shape index (κ1) is 21.2. The number of hydrogen-bond acceptors (Lipinski definition) is 4. The fraction of sp³-hybridized carbons (Fsp3) is 0.941. The van der Waals surface area contributed by atoms with Crippen LogP contribution in [-0.4, -0.2) is 42.4 Å². The van der Waals surface area contributed by atoms with Gasteiger partial charge in [-0.15, -0.1) is 0 Å². The van der Waals surface area contributed by atoms with Crippen LogP contribution in [0.2, 0.25) is 0 Å². The zero-order chi connectivity index (χ0) is 17.6. The van der Waals surface area contributed by atoms with Crippen molar-refractivity contribution in [2.24, 2.45) is 5.92 Å². The summed E-state index contributed by atoms with van der Waals surface area (Å²) < 4.78 is 5.29. The first-order valence-corrected chi connectivity index (χ1v) is 8.22. The highest BCUT2D eigenvalue weighted by Crippen LogP contribution is 2.16. The van der Waals surface area contributed by atoms with Crippen molar-refractivity contribution in [3.8, 4) is 0 Å². The van der Waals surface area contributed by atoms with E-state index < -0.39 is 5.60 Å². The van der Waals surface area contributed by atoms with Crippen LogP contribution >= 0.6 is 0 Å². The van der Waals surface area contributed by atoms with Crippen LogP contribution in [0.1, 0.15) is 62.3 Å². The van der Waals surface area contributed by atoms with Crippen molar-refractivity contribution >= 4 is 6.09 Å². The molecule has 0 radical (unpaired) electrons. The van der Waals surface area contributed by atoms with Crippen molar-refractivity contribution in [1.82, 2.24) is 16.0 Å². The maximum absolute atomic E-state index is 11.8. The molecule has 0 rings (SSSR count). The predicted octanol–water partition coefficient (Wildman–Crippen LogP) is 2.90. The van der Waals surface area contributed by atoms with Crippen LogP contribution in [0.4, 0.5) is 4.79 Å². The van der Waals surface area contributed by atoms with Gasteiger partial charge < -0.3 is 20.7 Å².